The van der Waals surface area contributed by atoms with Gasteiger partial charge in [0.05, 0.1) is 12.8 Å². The third-order valence-electron chi connectivity index (χ3n) is 4.02. The quantitative estimate of drug-likeness (QED) is 0.626. The number of aromatic nitrogens is 1. The second-order valence-corrected chi connectivity index (χ2v) is 6.70. The van der Waals surface area contributed by atoms with E-state index in [9.17, 15) is 4.79 Å². The van der Waals surface area contributed by atoms with Crippen LogP contribution in [0.2, 0.25) is 0 Å². The molecule has 6 nitrogen and oxygen atoms in total. The van der Waals surface area contributed by atoms with Crippen LogP contribution in [0.25, 0.3) is 10.6 Å². The molecule has 2 heterocycles. The van der Waals surface area contributed by atoms with Crippen LogP contribution >= 0.6 is 11.3 Å². The number of carbonyl (C=O) groups is 1. The Bertz CT molecular complexity index is 938. The zero-order valence-electron chi connectivity index (χ0n) is 14.6. The van der Waals surface area contributed by atoms with Gasteiger partial charge in [0, 0.05) is 10.9 Å². The number of hydrogen-bond acceptors (Lipinski definition) is 7. The van der Waals surface area contributed by atoms with E-state index < -0.39 is 12.1 Å². The third kappa shape index (κ3) is 3.88. The van der Waals surface area contributed by atoms with Gasteiger partial charge in [0.2, 0.25) is 6.10 Å². The predicted octanol–water partition coefficient (Wildman–Crippen LogP) is 3.70. The number of nitrogens with zero attached hydrogens (tertiary/aromatic N) is 1. The first-order valence-electron chi connectivity index (χ1n) is 8.37. The molecule has 4 rings (SSSR count). The lowest BCUT2D eigenvalue weighted by Crippen LogP contribution is -2.37. The maximum Gasteiger partial charge on any atom is 0.351 e. The lowest BCUT2D eigenvalue weighted by Gasteiger charge is -2.24. The van der Waals surface area contributed by atoms with Gasteiger partial charge in [0.25, 0.3) is 0 Å². The van der Waals surface area contributed by atoms with Crippen molar-refractivity contribution in [3.05, 3.63) is 59.6 Å². The van der Waals surface area contributed by atoms with Crippen molar-refractivity contribution >= 4 is 17.3 Å². The summed E-state index contributed by atoms with van der Waals surface area (Å²) < 4.78 is 21.7. The Morgan fingerprint density at radius 1 is 1.19 bits per heavy atom. The molecule has 0 aliphatic carbocycles. The van der Waals surface area contributed by atoms with Crippen LogP contribution in [0, 0.1) is 0 Å². The van der Waals surface area contributed by atoms with Crippen LogP contribution < -0.4 is 14.2 Å². The fourth-order valence-electron chi connectivity index (χ4n) is 2.61. The van der Waals surface area contributed by atoms with Gasteiger partial charge in [-0.05, 0) is 36.4 Å². The number of carbonyl (C=O) groups excluding carboxylic acids is 1. The summed E-state index contributed by atoms with van der Waals surface area (Å²) in [5.41, 5.74) is 1.68. The number of benzene rings is 2. The number of rotatable bonds is 5. The summed E-state index contributed by atoms with van der Waals surface area (Å²) in [5, 5.41) is 2.73. The van der Waals surface area contributed by atoms with Gasteiger partial charge in [0.1, 0.15) is 24.0 Å². The molecule has 0 amide bonds. The molecule has 1 aliphatic heterocycles. The molecule has 3 aromatic rings. The van der Waals surface area contributed by atoms with Crippen LogP contribution in [0.1, 0.15) is 5.69 Å². The Hall–Kier alpha value is -3.06. The first kappa shape index (κ1) is 17.4. The van der Waals surface area contributed by atoms with Gasteiger partial charge in [0.15, 0.2) is 11.5 Å². The molecule has 0 radical (unpaired) electrons. The minimum absolute atomic E-state index is 0.0903. The SMILES string of the molecule is COc1ccc(-c2nc(COC(=O)[C@@H]3COc4ccccc4O3)cs2)cc1. The average molecular weight is 383 g/mol. The topological polar surface area (TPSA) is 66.9 Å². The molecule has 7 heteroatoms. The van der Waals surface area contributed by atoms with Crippen molar-refractivity contribution < 1.29 is 23.7 Å². The molecule has 0 fully saturated rings. The summed E-state index contributed by atoms with van der Waals surface area (Å²) in [5.74, 6) is 1.50. The van der Waals surface area contributed by atoms with Crippen molar-refractivity contribution in [1.82, 2.24) is 4.98 Å². The van der Waals surface area contributed by atoms with E-state index in [-0.39, 0.29) is 13.2 Å². The average Bonchev–Trinajstić information content (AvgIpc) is 3.21. The molecule has 1 aliphatic rings. The van der Waals surface area contributed by atoms with Crippen LogP contribution in [0.3, 0.4) is 0 Å². The Morgan fingerprint density at radius 3 is 2.74 bits per heavy atom. The van der Waals surface area contributed by atoms with Crippen molar-refractivity contribution in [2.75, 3.05) is 13.7 Å². The van der Waals surface area contributed by atoms with Gasteiger partial charge < -0.3 is 18.9 Å². The molecule has 0 bridgehead atoms. The van der Waals surface area contributed by atoms with E-state index in [1.165, 1.54) is 11.3 Å². The molecule has 0 saturated heterocycles. The van der Waals surface area contributed by atoms with Gasteiger partial charge in [-0.2, -0.15) is 0 Å². The van der Waals surface area contributed by atoms with E-state index in [0.717, 1.165) is 16.3 Å². The smallest absolute Gasteiger partial charge is 0.351 e. The molecule has 0 saturated carbocycles. The normalized spacial score (nSPS) is 15.2. The van der Waals surface area contributed by atoms with Crippen LogP contribution in [-0.2, 0) is 16.1 Å². The Morgan fingerprint density at radius 2 is 1.96 bits per heavy atom. The molecule has 0 spiro atoms. The number of hydrogen-bond donors (Lipinski definition) is 0. The number of methoxy groups -OCH3 is 1. The number of esters is 1. The minimum Gasteiger partial charge on any atom is -0.497 e. The lowest BCUT2D eigenvalue weighted by molar-refractivity contribution is -0.156. The van der Waals surface area contributed by atoms with E-state index in [1.54, 1.807) is 19.2 Å². The van der Waals surface area contributed by atoms with E-state index in [4.69, 9.17) is 18.9 Å². The summed E-state index contributed by atoms with van der Waals surface area (Å²) in [7, 11) is 1.63. The standard InChI is InChI=1S/C20H17NO5S/c1-23-15-8-6-13(7-9-15)19-21-14(12-27-19)10-25-20(22)18-11-24-16-4-2-3-5-17(16)26-18/h2-9,12,18H,10-11H2,1H3/t18-/m0/s1. The number of ether oxygens (including phenoxy) is 4. The number of para-hydroxylation sites is 2. The summed E-state index contributed by atoms with van der Waals surface area (Å²) in [6.07, 6.45) is -0.778. The van der Waals surface area contributed by atoms with Gasteiger partial charge >= 0.3 is 5.97 Å². The van der Waals surface area contributed by atoms with E-state index >= 15 is 0 Å². The zero-order chi connectivity index (χ0) is 18.6. The zero-order valence-corrected chi connectivity index (χ0v) is 15.4. The summed E-state index contributed by atoms with van der Waals surface area (Å²) in [6, 6.07) is 14.9. The lowest BCUT2D eigenvalue weighted by atomic mass is 10.2. The van der Waals surface area contributed by atoms with Gasteiger partial charge in [-0.3, -0.25) is 0 Å². The highest BCUT2D eigenvalue weighted by molar-refractivity contribution is 7.13. The molecular weight excluding hydrogens is 366 g/mol. The van der Waals surface area contributed by atoms with Crippen molar-refractivity contribution in [1.29, 1.82) is 0 Å². The van der Waals surface area contributed by atoms with Crippen LogP contribution in [-0.4, -0.2) is 30.8 Å². The first-order chi connectivity index (χ1) is 13.2. The number of thiazole rings is 1. The molecule has 27 heavy (non-hydrogen) atoms. The molecular formula is C20H17NO5S. The van der Waals surface area contributed by atoms with Crippen molar-refractivity contribution in [2.45, 2.75) is 12.7 Å². The summed E-state index contributed by atoms with van der Waals surface area (Å²) in [6.45, 7) is 0.219. The molecule has 0 unspecified atom stereocenters. The maximum absolute atomic E-state index is 12.3. The van der Waals surface area contributed by atoms with Crippen molar-refractivity contribution in [3.8, 4) is 27.8 Å². The Balaban J connectivity index is 1.35. The minimum atomic E-state index is -0.778. The van der Waals surface area contributed by atoms with Crippen molar-refractivity contribution in [2.24, 2.45) is 0 Å². The highest BCUT2D eigenvalue weighted by atomic mass is 32.1. The second kappa shape index (κ2) is 7.67. The van der Waals surface area contributed by atoms with Crippen LogP contribution in [0.15, 0.2) is 53.9 Å². The fourth-order valence-corrected chi connectivity index (χ4v) is 3.42. The highest BCUT2D eigenvalue weighted by Gasteiger charge is 2.28. The van der Waals surface area contributed by atoms with E-state index in [2.05, 4.69) is 4.98 Å². The largest absolute Gasteiger partial charge is 0.497 e. The van der Waals surface area contributed by atoms with Gasteiger partial charge in [-0.15, -0.1) is 11.3 Å². The van der Waals surface area contributed by atoms with E-state index in [1.807, 2.05) is 41.8 Å². The highest BCUT2D eigenvalue weighted by Crippen LogP contribution is 2.31. The molecule has 1 aromatic heterocycles. The molecule has 0 N–H and O–H groups in total. The second-order valence-electron chi connectivity index (χ2n) is 5.84. The van der Waals surface area contributed by atoms with Crippen LogP contribution in [0.4, 0.5) is 0 Å². The van der Waals surface area contributed by atoms with Crippen LogP contribution in [0.5, 0.6) is 17.2 Å². The van der Waals surface area contributed by atoms with Gasteiger partial charge in [-0.25, -0.2) is 9.78 Å². The monoisotopic (exact) mass is 383 g/mol. The number of fused-ring (bicyclic) bond motifs is 1. The summed E-state index contributed by atoms with van der Waals surface area (Å²) in [4.78, 5) is 16.8. The van der Waals surface area contributed by atoms with E-state index in [0.29, 0.717) is 17.2 Å². The Labute approximate surface area is 160 Å². The third-order valence-corrected chi connectivity index (χ3v) is 4.96. The molecule has 1 atom stereocenters. The van der Waals surface area contributed by atoms with Gasteiger partial charge in [-0.1, -0.05) is 12.1 Å². The maximum atomic E-state index is 12.3. The first-order valence-corrected chi connectivity index (χ1v) is 9.25. The van der Waals surface area contributed by atoms with Crippen molar-refractivity contribution in [3.63, 3.8) is 0 Å². The fraction of sp³-hybridized carbons (Fsp3) is 0.200. The predicted molar refractivity (Wildman–Crippen MR) is 100 cm³/mol. The molecule has 138 valence electrons. The summed E-state index contributed by atoms with van der Waals surface area (Å²) >= 11 is 1.49. The molecule has 2 aromatic carbocycles. The Kier molecular flexibility index (Phi) is 4.93.